The largest absolute Gasteiger partial charge is 0.481 e. The number of nitrogens with zero attached hydrogens (tertiary/aromatic N) is 3. The van der Waals surface area contributed by atoms with Crippen LogP contribution in [0, 0.1) is 6.92 Å². The fraction of sp³-hybridized carbons (Fsp3) is 0.318. The number of hydrogen-bond acceptors (Lipinski definition) is 5. The van der Waals surface area contributed by atoms with E-state index >= 15 is 0 Å². The maximum atomic E-state index is 13.0. The van der Waals surface area contributed by atoms with Crippen LogP contribution in [0.3, 0.4) is 0 Å². The molecular weight excluding hydrogens is 390 g/mol. The highest BCUT2D eigenvalue weighted by molar-refractivity contribution is 6.30. The van der Waals surface area contributed by atoms with E-state index in [1.807, 2.05) is 45.0 Å². The number of hydrogen-bond donors (Lipinski definition) is 0. The second kappa shape index (κ2) is 9.09. The van der Waals surface area contributed by atoms with Crippen LogP contribution in [-0.2, 0) is 11.3 Å². The standard InChI is InChI=1S/C22H24ClN3O3/c1-14(2)26(22(27)16(4)28-19-7-5-6-18(23)12-19)13-20-24-21(25-29-20)17-10-8-15(3)9-11-17/h5-12,14,16H,13H2,1-4H3. The molecule has 3 aromatic rings. The fourth-order valence-corrected chi connectivity index (χ4v) is 3.01. The molecule has 1 atom stereocenters. The molecule has 2 aromatic carbocycles. The quantitative estimate of drug-likeness (QED) is 0.550. The third-order valence-corrected chi connectivity index (χ3v) is 4.68. The second-order valence-corrected chi connectivity index (χ2v) is 7.59. The summed E-state index contributed by atoms with van der Waals surface area (Å²) < 4.78 is 11.1. The van der Waals surface area contributed by atoms with Gasteiger partial charge in [-0.2, -0.15) is 4.98 Å². The highest BCUT2D eigenvalue weighted by Crippen LogP contribution is 2.21. The molecule has 152 valence electrons. The van der Waals surface area contributed by atoms with Gasteiger partial charge in [0.2, 0.25) is 11.7 Å². The van der Waals surface area contributed by atoms with Crippen LogP contribution in [0.15, 0.2) is 53.1 Å². The van der Waals surface area contributed by atoms with Gasteiger partial charge in [0.05, 0.1) is 0 Å². The van der Waals surface area contributed by atoms with Crippen molar-refractivity contribution in [3.05, 3.63) is 65.0 Å². The lowest BCUT2D eigenvalue weighted by molar-refractivity contribution is -0.140. The average Bonchev–Trinajstić information content (AvgIpc) is 3.14. The SMILES string of the molecule is Cc1ccc(-c2noc(CN(C(=O)C(C)Oc3cccc(Cl)c3)C(C)C)n2)cc1. The van der Waals surface area contributed by atoms with Gasteiger partial charge in [-0.15, -0.1) is 0 Å². The van der Waals surface area contributed by atoms with E-state index in [4.69, 9.17) is 20.9 Å². The van der Waals surface area contributed by atoms with Gasteiger partial charge in [-0.05, 0) is 45.9 Å². The summed E-state index contributed by atoms with van der Waals surface area (Å²) in [4.78, 5) is 19.1. The summed E-state index contributed by atoms with van der Waals surface area (Å²) in [6, 6.07) is 14.8. The summed E-state index contributed by atoms with van der Waals surface area (Å²) in [5.41, 5.74) is 2.02. The maximum absolute atomic E-state index is 13.0. The van der Waals surface area contributed by atoms with E-state index in [1.54, 1.807) is 36.1 Å². The number of benzene rings is 2. The van der Waals surface area contributed by atoms with Crippen molar-refractivity contribution in [3.8, 4) is 17.1 Å². The number of carbonyl (C=O) groups is 1. The van der Waals surface area contributed by atoms with Crippen LogP contribution in [0.2, 0.25) is 5.02 Å². The zero-order valence-corrected chi connectivity index (χ0v) is 17.7. The summed E-state index contributed by atoms with van der Waals surface area (Å²) in [5.74, 6) is 1.24. The van der Waals surface area contributed by atoms with Crippen molar-refractivity contribution >= 4 is 17.5 Å². The highest BCUT2D eigenvalue weighted by atomic mass is 35.5. The normalized spacial score (nSPS) is 12.1. The van der Waals surface area contributed by atoms with Gasteiger partial charge in [-0.3, -0.25) is 4.79 Å². The Bertz CT molecular complexity index is 969. The molecule has 29 heavy (non-hydrogen) atoms. The van der Waals surface area contributed by atoms with Crippen LogP contribution < -0.4 is 4.74 Å². The van der Waals surface area contributed by atoms with E-state index in [9.17, 15) is 4.79 Å². The third kappa shape index (κ3) is 5.35. The second-order valence-electron chi connectivity index (χ2n) is 7.16. The van der Waals surface area contributed by atoms with Crippen LogP contribution in [0.5, 0.6) is 5.75 Å². The van der Waals surface area contributed by atoms with Crippen LogP contribution in [0.25, 0.3) is 11.4 Å². The predicted octanol–water partition coefficient (Wildman–Crippen LogP) is 4.90. The zero-order valence-electron chi connectivity index (χ0n) is 16.9. The molecule has 6 nitrogen and oxygen atoms in total. The fourth-order valence-electron chi connectivity index (χ4n) is 2.83. The van der Waals surface area contributed by atoms with E-state index < -0.39 is 6.10 Å². The summed E-state index contributed by atoms with van der Waals surface area (Å²) in [6.07, 6.45) is -0.685. The smallest absolute Gasteiger partial charge is 0.264 e. The van der Waals surface area contributed by atoms with Crippen molar-refractivity contribution in [2.75, 3.05) is 0 Å². The molecule has 0 saturated carbocycles. The van der Waals surface area contributed by atoms with E-state index in [-0.39, 0.29) is 18.5 Å². The van der Waals surface area contributed by atoms with E-state index in [0.29, 0.717) is 22.5 Å². The van der Waals surface area contributed by atoms with Crippen molar-refractivity contribution in [3.63, 3.8) is 0 Å². The summed E-state index contributed by atoms with van der Waals surface area (Å²) >= 11 is 5.99. The number of rotatable bonds is 7. The van der Waals surface area contributed by atoms with Gasteiger partial charge in [0.25, 0.3) is 5.91 Å². The molecule has 1 amide bonds. The lowest BCUT2D eigenvalue weighted by Crippen LogP contribution is -2.43. The van der Waals surface area contributed by atoms with Gasteiger partial charge in [0.15, 0.2) is 6.10 Å². The van der Waals surface area contributed by atoms with E-state index in [0.717, 1.165) is 11.1 Å². The monoisotopic (exact) mass is 413 g/mol. The lowest BCUT2D eigenvalue weighted by Gasteiger charge is -2.28. The minimum Gasteiger partial charge on any atom is -0.481 e. The van der Waals surface area contributed by atoms with Crippen LogP contribution in [0.1, 0.15) is 32.2 Å². The molecule has 0 aliphatic rings. The molecule has 1 unspecified atom stereocenters. The maximum Gasteiger partial charge on any atom is 0.264 e. The number of carbonyl (C=O) groups excluding carboxylic acids is 1. The Morgan fingerprint density at radius 3 is 2.55 bits per heavy atom. The van der Waals surface area contributed by atoms with Crippen LogP contribution in [-0.4, -0.2) is 33.1 Å². The van der Waals surface area contributed by atoms with Gasteiger partial charge in [0, 0.05) is 16.6 Å². The molecule has 0 saturated heterocycles. The first-order valence-electron chi connectivity index (χ1n) is 9.46. The molecule has 1 heterocycles. The van der Waals surface area contributed by atoms with Gasteiger partial charge in [-0.1, -0.05) is 52.7 Å². The molecule has 0 bridgehead atoms. The van der Waals surface area contributed by atoms with Crippen LogP contribution >= 0.6 is 11.6 Å². The molecule has 3 rings (SSSR count). The van der Waals surface area contributed by atoms with Crippen molar-refractivity contribution in [1.29, 1.82) is 0 Å². The number of amides is 1. The molecule has 0 aliphatic carbocycles. The summed E-state index contributed by atoms with van der Waals surface area (Å²) in [6.45, 7) is 7.80. The Labute approximate surface area is 175 Å². The molecule has 0 N–H and O–H groups in total. The molecule has 0 radical (unpaired) electrons. The first kappa shape index (κ1) is 20.9. The molecular formula is C22H24ClN3O3. The first-order chi connectivity index (χ1) is 13.8. The zero-order chi connectivity index (χ0) is 21.0. The van der Waals surface area contributed by atoms with Crippen LogP contribution in [0.4, 0.5) is 0 Å². The Kier molecular flexibility index (Phi) is 6.54. The van der Waals surface area contributed by atoms with Gasteiger partial charge in [-0.25, -0.2) is 0 Å². The van der Waals surface area contributed by atoms with Gasteiger partial charge in [0.1, 0.15) is 12.3 Å². The average molecular weight is 414 g/mol. The van der Waals surface area contributed by atoms with Crippen molar-refractivity contribution < 1.29 is 14.1 Å². The molecule has 0 aliphatic heterocycles. The predicted molar refractivity (Wildman–Crippen MR) is 112 cm³/mol. The third-order valence-electron chi connectivity index (χ3n) is 4.45. The highest BCUT2D eigenvalue weighted by Gasteiger charge is 2.26. The van der Waals surface area contributed by atoms with Crippen molar-refractivity contribution in [1.82, 2.24) is 15.0 Å². The number of halogens is 1. The van der Waals surface area contributed by atoms with E-state index in [2.05, 4.69) is 10.1 Å². The number of aryl methyl sites for hydroxylation is 1. The Hall–Kier alpha value is -2.86. The Morgan fingerprint density at radius 2 is 1.90 bits per heavy atom. The molecule has 7 heteroatoms. The minimum atomic E-state index is -0.685. The van der Waals surface area contributed by atoms with Gasteiger partial charge < -0.3 is 14.2 Å². The van der Waals surface area contributed by atoms with Crippen molar-refractivity contribution in [2.45, 2.75) is 46.4 Å². The minimum absolute atomic E-state index is 0.0670. The number of aromatic nitrogens is 2. The van der Waals surface area contributed by atoms with Crippen molar-refractivity contribution in [2.24, 2.45) is 0 Å². The molecule has 0 spiro atoms. The Balaban J connectivity index is 1.71. The van der Waals surface area contributed by atoms with Gasteiger partial charge >= 0.3 is 0 Å². The summed E-state index contributed by atoms with van der Waals surface area (Å²) in [7, 11) is 0. The Morgan fingerprint density at radius 1 is 1.17 bits per heavy atom. The topological polar surface area (TPSA) is 68.5 Å². The molecule has 0 fully saturated rings. The van der Waals surface area contributed by atoms with E-state index in [1.165, 1.54) is 0 Å². The number of ether oxygens (including phenoxy) is 1. The summed E-state index contributed by atoms with van der Waals surface area (Å²) in [5, 5.41) is 4.59. The lowest BCUT2D eigenvalue weighted by atomic mass is 10.1. The first-order valence-corrected chi connectivity index (χ1v) is 9.83. The molecule has 1 aromatic heterocycles.